The van der Waals surface area contributed by atoms with Crippen LogP contribution in [0, 0.1) is 6.92 Å². The van der Waals surface area contributed by atoms with Crippen LogP contribution in [0.1, 0.15) is 29.8 Å². The third kappa shape index (κ3) is 5.22. The minimum absolute atomic E-state index is 0.0259. The normalized spacial score (nSPS) is 11.2. The molecule has 0 atom stereocenters. The van der Waals surface area contributed by atoms with E-state index >= 15 is 0 Å². The van der Waals surface area contributed by atoms with Gasteiger partial charge in [-0.2, -0.15) is 0 Å². The van der Waals surface area contributed by atoms with Crippen LogP contribution in [0.3, 0.4) is 0 Å². The highest BCUT2D eigenvalue weighted by molar-refractivity contribution is 7.92. The summed E-state index contributed by atoms with van der Waals surface area (Å²) in [7, 11) is -3.42. The molecule has 0 radical (unpaired) electrons. The fourth-order valence-corrected chi connectivity index (χ4v) is 2.93. The molecule has 7 heteroatoms. The summed E-state index contributed by atoms with van der Waals surface area (Å²) in [5, 5.41) is 2.82. The summed E-state index contributed by atoms with van der Waals surface area (Å²) < 4.78 is 31.0. The van der Waals surface area contributed by atoms with Gasteiger partial charge in [-0.1, -0.05) is 18.2 Å². The van der Waals surface area contributed by atoms with Gasteiger partial charge in [0.15, 0.2) is 0 Å². The van der Waals surface area contributed by atoms with Crippen LogP contribution in [0.15, 0.2) is 42.5 Å². The molecule has 0 unspecified atom stereocenters. The molecule has 134 valence electrons. The van der Waals surface area contributed by atoms with Gasteiger partial charge >= 0.3 is 0 Å². The second kappa shape index (κ2) is 7.57. The molecule has 2 aromatic rings. The van der Waals surface area contributed by atoms with Crippen molar-refractivity contribution in [3.8, 4) is 5.75 Å². The highest BCUT2D eigenvalue weighted by Gasteiger charge is 2.15. The molecular weight excluding hydrogens is 340 g/mol. The predicted octanol–water partition coefficient (Wildman–Crippen LogP) is 3.41. The van der Waals surface area contributed by atoms with Gasteiger partial charge in [-0.05, 0) is 50.6 Å². The standard InChI is InChI=1S/C18H22N2O4S/c1-12(2)24-17-11-6-5-9-16(17)19-18(21)14-8-7-10-15(13(14)3)20-25(4,22)23/h5-12,20H,1-4H3,(H,19,21). The van der Waals surface area contributed by atoms with Gasteiger partial charge in [-0.25, -0.2) is 8.42 Å². The molecule has 1 amide bonds. The van der Waals surface area contributed by atoms with Crippen LogP contribution < -0.4 is 14.8 Å². The first-order valence-electron chi connectivity index (χ1n) is 7.82. The Hall–Kier alpha value is -2.54. The average Bonchev–Trinajstić information content (AvgIpc) is 2.49. The largest absolute Gasteiger partial charge is 0.489 e. The number of amides is 1. The summed E-state index contributed by atoms with van der Waals surface area (Å²) in [5.41, 5.74) is 1.87. The topological polar surface area (TPSA) is 84.5 Å². The van der Waals surface area contributed by atoms with Crippen molar-refractivity contribution >= 4 is 27.3 Å². The van der Waals surface area contributed by atoms with Gasteiger partial charge in [0.05, 0.1) is 23.7 Å². The van der Waals surface area contributed by atoms with E-state index in [0.29, 0.717) is 28.3 Å². The second-order valence-electron chi connectivity index (χ2n) is 5.97. The van der Waals surface area contributed by atoms with Gasteiger partial charge < -0.3 is 10.1 Å². The molecule has 0 aliphatic carbocycles. The maximum atomic E-state index is 12.6. The van der Waals surface area contributed by atoms with Crippen molar-refractivity contribution in [2.24, 2.45) is 0 Å². The summed E-state index contributed by atoms with van der Waals surface area (Å²) in [6.07, 6.45) is 1.04. The third-order valence-electron chi connectivity index (χ3n) is 3.37. The smallest absolute Gasteiger partial charge is 0.256 e. The van der Waals surface area contributed by atoms with Crippen LogP contribution in [0.25, 0.3) is 0 Å². The first-order chi connectivity index (χ1) is 11.7. The molecule has 0 bridgehead atoms. The predicted molar refractivity (Wildman–Crippen MR) is 99.8 cm³/mol. The van der Waals surface area contributed by atoms with E-state index in [1.165, 1.54) is 0 Å². The molecule has 0 saturated carbocycles. The van der Waals surface area contributed by atoms with E-state index in [4.69, 9.17) is 4.74 Å². The van der Waals surface area contributed by atoms with E-state index in [1.807, 2.05) is 19.9 Å². The number of hydrogen-bond acceptors (Lipinski definition) is 4. The van der Waals surface area contributed by atoms with Crippen molar-refractivity contribution < 1.29 is 17.9 Å². The fourth-order valence-electron chi connectivity index (χ4n) is 2.31. The number of hydrogen-bond donors (Lipinski definition) is 2. The van der Waals surface area contributed by atoms with E-state index in [9.17, 15) is 13.2 Å². The van der Waals surface area contributed by atoms with Crippen LogP contribution in [-0.4, -0.2) is 26.7 Å². The number of rotatable bonds is 6. The van der Waals surface area contributed by atoms with Crippen molar-refractivity contribution in [3.63, 3.8) is 0 Å². The molecule has 0 saturated heterocycles. The molecule has 0 heterocycles. The molecule has 0 fully saturated rings. The van der Waals surface area contributed by atoms with E-state index < -0.39 is 10.0 Å². The van der Waals surface area contributed by atoms with E-state index in [2.05, 4.69) is 10.0 Å². The van der Waals surface area contributed by atoms with Crippen molar-refractivity contribution in [2.45, 2.75) is 26.9 Å². The van der Waals surface area contributed by atoms with Crippen molar-refractivity contribution in [1.29, 1.82) is 0 Å². The molecule has 2 aromatic carbocycles. The average molecular weight is 362 g/mol. The van der Waals surface area contributed by atoms with Crippen LogP contribution >= 0.6 is 0 Å². The maximum absolute atomic E-state index is 12.6. The lowest BCUT2D eigenvalue weighted by Gasteiger charge is -2.16. The highest BCUT2D eigenvalue weighted by atomic mass is 32.2. The molecule has 0 aliphatic rings. The molecule has 25 heavy (non-hydrogen) atoms. The zero-order valence-corrected chi connectivity index (χ0v) is 15.5. The molecule has 2 rings (SSSR count). The lowest BCUT2D eigenvalue weighted by Crippen LogP contribution is -2.17. The summed E-state index contributed by atoms with van der Waals surface area (Å²) >= 11 is 0. The van der Waals surface area contributed by atoms with Gasteiger partial charge in [0, 0.05) is 5.56 Å². The zero-order chi connectivity index (χ0) is 18.6. The van der Waals surface area contributed by atoms with Gasteiger partial charge in [-0.15, -0.1) is 0 Å². The quantitative estimate of drug-likeness (QED) is 0.825. The summed E-state index contributed by atoms with van der Waals surface area (Å²) in [6, 6.07) is 12.1. The Balaban J connectivity index is 2.29. The van der Waals surface area contributed by atoms with Gasteiger partial charge in [0.25, 0.3) is 5.91 Å². The maximum Gasteiger partial charge on any atom is 0.256 e. The minimum atomic E-state index is -3.42. The zero-order valence-electron chi connectivity index (χ0n) is 14.7. The SMILES string of the molecule is Cc1c(NS(C)(=O)=O)cccc1C(=O)Nc1ccccc1OC(C)C. The highest BCUT2D eigenvalue weighted by Crippen LogP contribution is 2.27. The van der Waals surface area contributed by atoms with Crippen molar-refractivity contribution in [2.75, 3.05) is 16.3 Å². The Morgan fingerprint density at radius 1 is 1.04 bits per heavy atom. The number of sulfonamides is 1. The number of anilines is 2. The minimum Gasteiger partial charge on any atom is -0.489 e. The second-order valence-corrected chi connectivity index (χ2v) is 7.72. The number of para-hydroxylation sites is 2. The Labute approximate surface area is 148 Å². The lowest BCUT2D eigenvalue weighted by atomic mass is 10.1. The summed E-state index contributed by atoms with van der Waals surface area (Å²) in [6.45, 7) is 5.51. The number of benzene rings is 2. The van der Waals surface area contributed by atoms with Crippen LogP contribution in [0.5, 0.6) is 5.75 Å². The third-order valence-corrected chi connectivity index (χ3v) is 3.96. The van der Waals surface area contributed by atoms with Gasteiger partial charge in [0.2, 0.25) is 10.0 Å². The Morgan fingerprint density at radius 2 is 1.68 bits per heavy atom. The number of nitrogens with one attached hydrogen (secondary N) is 2. The summed E-state index contributed by atoms with van der Waals surface area (Å²) in [4.78, 5) is 12.6. The Morgan fingerprint density at radius 3 is 2.32 bits per heavy atom. The van der Waals surface area contributed by atoms with Crippen LogP contribution in [0.2, 0.25) is 0 Å². The fraction of sp³-hybridized carbons (Fsp3) is 0.278. The van der Waals surface area contributed by atoms with Crippen LogP contribution in [0.4, 0.5) is 11.4 Å². The van der Waals surface area contributed by atoms with Crippen molar-refractivity contribution in [1.82, 2.24) is 0 Å². The first kappa shape index (κ1) is 18.8. The molecular formula is C18H22N2O4S. The molecule has 0 aromatic heterocycles. The number of ether oxygens (including phenoxy) is 1. The number of carbonyl (C=O) groups is 1. The molecule has 2 N–H and O–H groups in total. The van der Waals surface area contributed by atoms with E-state index in [-0.39, 0.29) is 12.0 Å². The number of carbonyl (C=O) groups excluding carboxylic acids is 1. The lowest BCUT2D eigenvalue weighted by molar-refractivity contribution is 0.102. The molecule has 0 spiro atoms. The molecule has 6 nitrogen and oxygen atoms in total. The monoisotopic (exact) mass is 362 g/mol. The first-order valence-corrected chi connectivity index (χ1v) is 9.71. The van der Waals surface area contributed by atoms with Gasteiger partial charge in [-0.3, -0.25) is 9.52 Å². The van der Waals surface area contributed by atoms with E-state index in [1.54, 1.807) is 43.3 Å². The summed E-state index contributed by atoms with van der Waals surface area (Å²) in [5.74, 6) is 0.239. The molecule has 0 aliphatic heterocycles. The van der Waals surface area contributed by atoms with Crippen molar-refractivity contribution in [3.05, 3.63) is 53.6 Å². The van der Waals surface area contributed by atoms with Crippen LogP contribution in [-0.2, 0) is 10.0 Å². The van der Waals surface area contributed by atoms with E-state index in [0.717, 1.165) is 6.26 Å². The Kier molecular flexibility index (Phi) is 5.69. The Bertz CT molecular complexity index is 876. The van der Waals surface area contributed by atoms with Gasteiger partial charge in [0.1, 0.15) is 5.75 Å².